The summed E-state index contributed by atoms with van der Waals surface area (Å²) in [5.74, 6) is 0.219. The molecule has 1 amide bonds. The van der Waals surface area contributed by atoms with Gasteiger partial charge in [0.05, 0.1) is 11.1 Å². The van der Waals surface area contributed by atoms with Crippen molar-refractivity contribution >= 4 is 60.8 Å². The van der Waals surface area contributed by atoms with Crippen molar-refractivity contribution in [2.75, 3.05) is 11.1 Å². The average molecular weight is 484 g/mol. The Hall–Kier alpha value is -2.22. The molecular weight excluding hydrogens is 466 g/mol. The molecule has 0 aliphatic rings. The van der Waals surface area contributed by atoms with Gasteiger partial charge in [-0.1, -0.05) is 45.9 Å². The number of anilines is 1. The molecular formula is C22H18BrN3OS2. The topological polar surface area (TPSA) is 54.9 Å². The highest BCUT2D eigenvalue weighted by molar-refractivity contribution is 9.10. The normalized spacial score (nSPS) is 11.0. The number of hydrogen-bond acceptors (Lipinski definition) is 5. The number of hydrogen-bond donors (Lipinski definition) is 1. The number of thioether (sulfide) groups is 1. The van der Waals surface area contributed by atoms with Crippen LogP contribution in [0.15, 0.2) is 63.7 Å². The van der Waals surface area contributed by atoms with Crippen molar-refractivity contribution in [3.63, 3.8) is 0 Å². The number of amides is 1. The molecule has 2 aromatic carbocycles. The minimum Gasteiger partial charge on any atom is -0.325 e. The molecule has 0 saturated heterocycles. The lowest BCUT2D eigenvalue weighted by Gasteiger charge is -2.08. The molecule has 0 unspecified atom stereocenters. The Labute approximate surface area is 185 Å². The standard InChI is InChI=1S/C22H18BrN3OS2/c1-13-3-4-15(9-14(13)2)18-10-28-21-20(18)22(25-12-24-21)29-11-19(27)26-17-7-5-16(23)6-8-17/h3-10,12H,11H2,1-2H3,(H,26,27). The number of thiophene rings is 1. The molecule has 1 N–H and O–H groups in total. The Morgan fingerprint density at radius 3 is 2.66 bits per heavy atom. The maximum absolute atomic E-state index is 12.4. The van der Waals surface area contributed by atoms with Gasteiger partial charge < -0.3 is 5.32 Å². The number of nitrogens with zero attached hydrogens (tertiary/aromatic N) is 2. The SMILES string of the molecule is Cc1ccc(-c2csc3ncnc(SCC(=O)Nc4ccc(Br)cc4)c23)cc1C. The molecule has 0 aliphatic heterocycles. The smallest absolute Gasteiger partial charge is 0.234 e. The predicted octanol–water partition coefficient (Wildman–Crippen LogP) is 6.47. The first-order valence-corrected chi connectivity index (χ1v) is 11.6. The van der Waals surface area contributed by atoms with E-state index in [4.69, 9.17) is 0 Å². The Kier molecular flexibility index (Phi) is 5.99. The Bertz CT molecular complexity index is 1190. The van der Waals surface area contributed by atoms with Crippen LogP contribution in [0.2, 0.25) is 0 Å². The van der Waals surface area contributed by atoms with E-state index in [-0.39, 0.29) is 11.7 Å². The summed E-state index contributed by atoms with van der Waals surface area (Å²) in [6.45, 7) is 4.23. The van der Waals surface area contributed by atoms with Crippen molar-refractivity contribution in [1.29, 1.82) is 0 Å². The molecule has 4 rings (SSSR count). The van der Waals surface area contributed by atoms with Crippen molar-refractivity contribution in [3.05, 3.63) is 69.8 Å². The predicted molar refractivity (Wildman–Crippen MR) is 126 cm³/mol. The Balaban J connectivity index is 1.57. The quantitative estimate of drug-likeness (QED) is 0.261. The molecule has 0 fully saturated rings. The minimum atomic E-state index is -0.0629. The molecule has 0 aliphatic carbocycles. The van der Waals surface area contributed by atoms with E-state index in [1.165, 1.54) is 22.9 Å². The summed E-state index contributed by atoms with van der Waals surface area (Å²) in [7, 11) is 0. The number of halogens is 1. The molecule has 0 spiro atoms. The van der Waals surface area contributed by atoms with Gasteiger partial charge in [-0.3, -0.25) is 4.79 Å². The van der Waals surface area contributed by atoms with Gasteiger partial charge in [-0.25, -0.2) is 9.97 Å². The number of benzene rings is 2. The maximum atomic E-state index is 12.4. The van der Waals surface area contributed by atoms with Crippen LogP contribution in [0.4, 0.5) is 5.69 Å². The summed E-state index contributed by atoms with van der Waals surface area (Å²) in [6.07, 6.45) is 1.57. The molecule has 4 nitrogen and oxygen atoms in total. The average Bonchev–Trinajstić information content (AvgIpc) is 3.15. The van der Waals surface area contributed by atoms with Gasteiger partial charge in [0.15, 0.2) is 0 Å². The van der Waals surface area contributed by atoms with Gasteiger partial charge in [0.1, 0.15) is 16.2 Å². The second-order valence-corrected chi connectivity index (χ2v) is 9.39. The third-order valence-electron chi connectivity index (χ3n) is 4.62. The number of carbonyl (C=O) groups is 1. The summed E-state index contributed by atoms with van der Waals surface area (Å²) >= 11 is 6.43. The fourth-order valence-electron chi connectivity index (χ4n) is 2.94. The van der Waals surface area contributed by atoms with E-state index in [2.05, 4.69) is 68.6 Å². The first kappa shape index (κ1) is 20.1. The van der Waals surface area contributed by atoms with Gasteiger partial charge in [-0.05, 0) is 54.8 Å². The molecule has 0 radical (unpaired) electrons. The maximum Gasteiger partial charge on any atom is 0.234 e. The number of aromatic nitrogens is 2. The molecule has 146 valence electrons. The van der Waals surface area contributed by atoms with Crippen molar-refractivity contribution in [2.45, 2.75) is 18.9 Å². The van der Waals surface area contributed by atoms with Crippen molar-refractivity contribution in [3.8, 4) is 11.1 Å². The summed E-state index contributed by atoms with van der Waals surface area (Å²) in [6, 6.07) is 14.0. The van der Waals surface area contributed by atoms with E-state index in [1.807, 2.05) is 24.3 Å². The molecule has 29 heavy (non-hydrogen) atoms. The zero-order chi connectivity index (χ0) is 20.4. The monoisotopic (exact) mass is 483 g/mol. The summed E-state index contributed by atoms with van der Waals surface area (Å²) in [4.78, 5) is 22.2. The fourth-order valence-corrected chi connectivity index (χ4v) is 5.00. The lowest BCUT2D eigenvalue weighted by molar-refractivity contribution is -0.113. The minimum absolute atomic E-state index is 0.0629. The summed E-state index contributed by atoms with van der Waals surface area (Å²) in [5.41, 5.74) is 5.56. The number of fused-ring (bicyclic) bond motifs is 1. The summed E-state index contributed by atoms with van der Waals surface area (Å²) < 4.78 is 0.976. The van der Waals surface area contributed by atoms with Gasteiger partial charge in [0.25, 0.3) is 0 Å². The Morgan fingerprint density at radius 1 is 1.10 bits per heavy atom. The summed E-state index contributed by atoms with van der Waals surface area (Å²) in [5, 5.41) is 6.89. The van der Waals surface area contributed by atoms with Gasteiger partial charge in [-0.15, -0.1) is 11.3 Å². The van der Waals surface area contributed by atoms with Crippen LogP contribution in [0.5, 0.6) is 0 Å². The lowest BCUT2D eigenvalue weighted by atomic mass is 10.0. The van der Waals surface area contributed by atoms with Crippen LogP contribution in [-0.4, -0.2) is 21.6 Å². The van der Waals surface area contributed by atoms with Crippen LogP contribution < -0.4 is 5.32 Å². The highest BCUT2D eigenvalue weighted by Gasteiger charge is 2.15. The number of nitrogens with one attached hydrogen (secondary N) is 1. The van der Waals surface area contributed by atoms with E-state index in [1.54, 1.807) is 17.7 Å². The van der Waals surface area contributed by atoms with E-state index in [0.717, 1.165) is 36.5 Å². The van der Waals surface area contributed by atoms with Crippen LogP contribution in [0, 0.1) is 13.8 Å². The van der Waals surface area contributed by atoms with E-state index in [0.29, 0.717) is 0 Å². The first-order valence-electron chi connectivity index (χ1n) is 8.99. The van der Waals surface area contributed by atoms with Crippen LogP contribution in [-0.2, 0) is 4.79 Å². The van der Waals surface area contributed by atoms with Crippen molar-refractivity contribution < 1.29 is 4.79 Å². The highest BCUT2D eigenvalue weighted by Crippen LogP contribution is 2.38. The molecule has 0 saturated carbocycles. The van der Waals surface area contributed by atoms with E-state index < -0.39 is 0 Å². The third-order valence-corrected chi connectivity index (χ3v) is 7.03. The molecule has 2 aromatic heterocycles. The molecule has 2 heterocycles. The number of carbonyl (C=O) groups excluding carboxylic acids is 1. The molecule has 4 aromatic rings. The van der Waals surface area contributed by atoms with E-state index in [9.17, 15) is 4.79 Å². The van der Waals surface area contributed by atoms with E-state index >= 15 is 0 Å². The number of aryl methyl sites for hydroxylation is 2. The van der Waals surface area contributed by atoms with Gasteiger partial charge in [0, 0.05) is 21.1 Å². The largest absolute Gasteiger partial charge is 0.325 e. The second-order valence-electron chi connectivity index (χ2n) is 6.65. The van der Waals surface area contributed by atoms with Crippen molar-refractivity contribution in [1.82, 2.24) is 9.97 Å². The van der Waals surface area contributed by atoms with Crippen molar-refractivity contribution in [2.24, 2.45) is 0 Å². The lowest BCUT2D eigenvalue weighted by Crippen LogP contribution is -2.14. The van der Waals surface area contributed by atoms with Gasteiger partial charge in [0.2, 0.25) is 5.91 Å². The zero-order valence-electron chi connectivity index (χ0n) is 15.9. The molecule has 7 heteroatoms. The van der Waals surface area contributed by atoms with Crippen LogP contribution >= 0.6 is 39.0 Å². The fraction of sp³-hybridized carbons (Fsp3) is 0.136. The van der Waals surface area contributed by atoms with Gasteiger partial charge >= 0.3 is 0 Å². The first-order chi connectivity index (χ1) is 14.0. The molecule has 0 bridgehead atoms. The second kappa shape index (κ2) is 8.65. The van der Waals surface area contributed by atoms with Gasteiger partial charge in [-0.2, -0.15) is 0 Å². The number of rotatable bonds is 5. The third kappa shape index (κ3) is 4.52. The Morgan fingerprint density at radius 2 is 1.90 bits per heavy atom. The highest BCUT2D eigenvalue weighted by atomic mass is 79.9. The zero-order valence-corrected chi connectivity index (χ0v) is 19.1. The molecule has 0 atom stereocenters. The van der Waals surface area contributed by atoms with Crippen LogP contribution in [0.25, 0.3) is 21.3 Å². The van der Waals surface area contributed by atoms with Crippen LogP contribution in [0.3, 0.4) is 0 Å². The van der Waals surface area contributed by atoms with Crippen LogP contribution in [0.1, 0.15) is 11.1 Å².